The number of aliphatic carboxylic acids is 2. The summed E-state index contributed by atoms with van der Waals surface area (Å²) in [6.45, 7) is 3.59. The van der Waals surface area contributed by atoms with Gasteiger partial charge in [-0.25, -0.2) is 4.79 Å². The first kappa shape index (κ1) is 32.0. The lowest BCUT2D eigenvalue weighted by Crippen LogP contribution is -2.58. The first-order valence-electron chi connectivity index (χ1n) is 11.1. The number of carbonyl (C=O) groups excluding carboxylic acids is 4. The zero-order chi connectivity index (χ0) is 28.0. The summed E-state index contributed by atoms with van der Waals surface area (Å²) in [6, 6.07) is -5.63. The molecule has 0 aliphatic heterocycles. The maximum atomic E-state index is 12.9. The number of nitrogens with one attached hydrogen (secondary N) is 3. The van der Waals surface area contributed by atoms with Gasteiger partial charge in [-0.05, 0) is 18.8 Å². The standard InChI is InChI=1S/C20H36N8O8/c1-3-9(2)15(22)18(34)27-11(7-13(21)29)17(33)26-10(5-4-6-25-20(23)24)16(32)28-12(19(35)36)8-14(30)31/h9-12,15H,3-8,22H2,1-2H3,(H2,21,29)(H,26,33)(H,27,34)(H,28,32)(H,30,31)(H,35,36)(H4,23,24,25). The number of hydrogen-bond donors (Lipinski definition) is 9. The third kappa shape index (κ3) is 12.5. The molecule has 0 aromatic carbocycles. The fraction of sp³-hybridized carbons (Fsp3) is 0.650. The number of carboxylic acid groups (broad SMARTS) is 2. The Morgan fingerprint density at radius 1 is 0.833 bits per heavy atom. The Kier molecular flexibility index (Phi) is 14.1. The van der Waals surface area contributed by atoms with Crippen LogP contribution in [0.15, 0.2) is 4.99 Å². The van der Waals surface area contributed by atoms with Crippen LogP contribution >= 0.6 is 0 Å². The number of carboxylic acids is 2. The lowest BCUT2D eigenvalue weighted by molar-refractivity contribution is -0.147. The Morgan fingerprint density at radius 2 is 1.36 bits per heavy atom. The monoisotopic (exact) mass is 516 g/mol. The number of rotatable bonds is 17. The second-order valence-corrected chi connectivity index (χ2v) is 8.15. The molecule has 204 valence electrons. The number of aliphatic imine (C=N–C) groups is 1. The first-order valence-corrected chi connectivity index (χ1v) is 11.1. The molecule has 5 unspecified atom stereocenters. The minimum atomic E-state index is -1.78. The van der Waals surface area contributed by atoms with Gasteiger partial charge in [0.05, 0.1) is 18.9 Å². The van der Waals surface area contributed by atoms with Crippen LogP contribution in [0.25, 0.3) is 0 Å². The quantitative estimate of drug-likeness (QED) is 0.0514. The van der Waals surface area contributed by atoms with Crippen LogP contribution in [0.4, 0.5) is 0 Å². The van der Waals surface area contributed by atoms with E-state index >= 15 is 0 Å². The van der Waals surface area contributed by atoms with E-state index in [9.17, 15) is 33.9 Å². The molecule has 0 heterocycles. The van der Waals surface area contributed by atoms with Crippen LogP contribution in [-0.2, 0) is 28.8 Å². The lowest BCUT2D eigenvalue weighted by Gasteiger charge is -2.25. The highest BCUT2D eigenvalue weighted by atomic mass is 16.4. The topological polar surface area (TPSA) is 295 Å². The molecule has 16 nitrogen and oxygen atoms in total. The van der Waals surface area contributed by atoms with Crippen LogP contribution in [0.3, 0.4) is 0 Å². The molecule has 0 spiro atoms. The van der Waals surface area contributed by atoms with E-state index in [1.807, 2.05) is 12.2 Å². The summed E-state index contributed by atoms with van der Waals surface area (Å²) in [5.74, 6) is -7.14. The number of carbonyl (C=O) groups is 6. The highest BCUT2D eigenvalue weighted by molar-refractivity contribution is 5.96. The first-order chi connectivity index (χ1) is 16.7. The minimum Gasteiger partial charge on any atom is -0.481 e. The predicted octanol–water partition coefficient (Wildman–Crippen LogP) is -3.70. The fourth-order valence-electron chi connectivity index (χ4n) is 2.88. The van der Waals surface area contributed by atoms with Gasteiger partial charge in [0.15, 0.2) is 5.96 Å². The molecule has 0 saturated heterocycles. The Hall–Kier alpha value is -3.95. The second kappa shape index (κ2) is 15.9. The van der Waals surface area contributed by atoms with Crippen molar-refractivity contribution in [2.75, 3.05) is 6.54 Å². The van der Waals surface area contributed by atoms with Gasteiger partial charge >= 0.3 is 11.9 Å². The van der Waals surface area contributed by atoms with E-state index in [2.05, 4.69) is 15.6 Å². The lowest BCUT2D eigenvalue weighted by atomic mass is 9.99. The molecule has 0 aromatic heterocycles. The molecule has 0 saturated carbocycles. The average Bonchev–Trinajstić information content (AvgIpc) is 2.77. The van der Waals surface area contributed by atoms with Crippen molar-refractivity contribution in [3.8, 4) is 0 Å². The number of hydrogen-bond acceptors (Lipinski definition) is 8. The van der Waals surface area contributed by atoms with Crippen molar-refractivity contribution in [3.63, 3.8) is 0 Å². The van der Waals surface area contributed by atoms with Gasteiger partial charge in [-0.15, -0.1) is 0 Å². The zero-order valence-electron chi connectivity index (χ0n) is 20.2. The average molecular weight is 517 g/mol. The Labute approximate surface area is 207 Å². The molecule has 0 radical (unpaired) electrons. The summed E-state index contributed by atoms with van der Waals surface area (Å²) < 4.78 is 0. The van der Waals surface area contributed by atoms with Crippen molar-refractivity contribution in [1.29, 1.82) is 0 Å². The Bertz CT molecular complexity index is 846. The third-order valence-corrected chi connectivity index (χ3v) is 5.17. The number of guanidine groups is 1. The molecule has 13 N–H and O–H groups in total. The highest BCUT2D eigenvalue weighted by Crippen LogP contribution is 2.07. The molecule has 36 heavy (non-hydrogen) atoms. The van der Waals surface area contributed by atoms with E-state index in [1.54, 1.807) is 6.92 Å². The van der Waals surface area contributed by atoms with E-state index in [-0.39, 0.29) is 31.3 Å². The van der Waals surface area contributed by atoms with Gasteiger partial charge in [-0.1, -0.05) is 20.3 Å². The van der Waals surface area contributed by atoms with Crippen LogP contribution < -0.4 is 38.9 Å². The molecule has 5 atom stereocenters. The summed E-state index contributed by atoms with van der Waals surface area (Å²) >= 11 is 0. The normalized spacial score (nSPS) is 14.8. The molecular formula is C20H36N8O8. The van der Waals surface area contributed by atoms with E-state index in [4.69, 9.17) is 28.0 Å². The van der Waals surface area contributed by atoms with Gasteiger partial charge in [-0.2, -0.15) is 0 Å². The highest BCUT2D eigenvalue weighted by Gasteiger charge is 2.32. The van der Waals surface area contributed by atoms with Gasteiger partial charge in [0.25, 0.3) is 0 Å². The zero-order valence-corrected chi connectivity index (χ0v) is 20.2. The van der Waals surface area contributed by atoms with Crippen LogP contribution in [0.2, 0.25) is 0 Å². The number of primary amides is 1. The molecule has 0 aromatic rings. The van der Waals surface area contributed by atoms with Gasteiger partial charge in [0.1, 0.15) is 18.1 Å². The largest absolute Gasteiger partial charge is 0.481 e. The number of amides is 4. The fourth-order valence-corrected chi connectivity index (χ4v) is 2.88. The van der Waals surface area contributed by atoms with Crippen molar-refractivity contribution >= 4 is 41.5 Å². The van der Waals surface area contributed by atoms with Gasteiger partial charge in [-0.3, -0.25) is 29.0 Å². The summed E-state index contributed by atoms with van der Waals surface area (Å²) in [5, 5.41) is 24.8. The van der Waals surface area contributed by atoms with Crippen molar-refractivity contribution in [2.45, 2.75) is 70.1 Å². The molecular weight excluding hydrogens is 480 g/mol. The van der Waals surface area contributed by atoms with Gasteiger partial charge < -0.3 is 49.1 Å². The SMILES string of the molecule is CCC(C)C(N)C(=O)NC(CC(N)=O)C(=O)NC(CCCN=C(N)N)C(=O)NC(CC(=O)O)C(=O)O. The van der Waals surface area contributed by atoms with Crippen LogP contribution in [0, 0.1) is 5.92 Å². The van der Waals surface area contributed by atoms with Gasteiger partial charge in [0.2, 0.25) is 23.6 Å². The minimum absolute atomic E-state index is 0.0602. The smallest absolute Gasteiger partial charge is 0.326 e. The van der Waals surface area contributed by atoms with Crippen molar-refractivity contribution in [3.05, 3.63) is 0 Å². The second-order valence-electron chi connectivity index (χ2n) is 8.15. The van der Waals surface area contributed by atoms with Crippen LogP contribution in [0.5, 0.6) is 0 Å². The van der Waals surface area contributed by atoms with Crippen molar-refractivity contribution in [2.24, 2.45) is 33.8 Å². The number of nitrogens with zero attached hydrogens (tertiary/aromatic N) is 1. The van der Waals surface area contributed by atoms with Crippen molar-refractivity contribution < 1.29 is 39.0 Å². The van der Waals surface area contributed by atoms with Gasteiger partial charge in [0, 0.05) is 6.54 Å². The summed E-state index contributed by atoms with van der Waals surface area (Å²) in [6.07, 6.45) is -0.899. The maximum absolute atomic E-state index is 12.9. The van der Waals surface area contributed by atoms with E-state index in [0.29, 0.717) is 6.42 Å². The molecule has 0 bridgehead atoms. The molecule has 0 aliphatic rings. The molecule has 0 fully saturated rings. The molecule has 4 amide bonds. The molecule has 16 heteroatoms. The Balaban J connectivity index is 5.71. The summed E-state index contributed by atoms with van der Waals surface area (Å²) in [7, 11) is 0. The molecule has 0 rings (SSSR count). The predicted molar refractivity (Wildman–Crippen MR) is 127 cm³/mol. The number of nitrogens with two attached hydrogens (primary N) is 4. The Morgan fingerprint density at radius 3 is 1.83 bits per heavy atom. The van der Waals surface area contributed by atoms with E-state index in [1.165, 1.54) is 0 Å². The van der Waals surface area contributed by atoms with Crippen LogP contribution in [-0.4, -0.2) is 82.5 Å². The molecule has 0 aliphatic carbocycles. The maximum Gasteiger partial charge on any atom is 0.326 e. The van der Waals surface area contributed by atoms with Crippen molar-refractivity contribution in [1.82, 2.24) is 16.0 Å². The van der Waals surface area contributed by atoms with E-state index < -0.39 is 72.6 Å². The summed E-state index contributed by atoms with van der Waals surface area (Å²) in [5.41, 5.74) is 21.6. The van der Waals surface area contributed by atoms with Crippen LogP contribution in [0.1, 0.15) is 46.0 Å². The van der Waals surface area contributed by atoms with E-state index in [0.717, 1.165) is 0 Å². The third-order valence-electron chi connectivity index (χ3n) is 5.17. The summed E-state index contributed by atoms with van der Waals surface area (Å²) in [4.78, 5) is 75.6.